The van der Waals surface area contributed by atoms with E-state index in [9.17, 15) is 9.18 Å². The Morgan fingerprint density at radius 3 is 2.52 bits per heavy atom. The number of piperidine rings is 1. The third-order valence-corrected chi connectivity index (χ3v) is 8.72. The highest BCUT2D eigenvalue weighted by atomic mass is 35.5. The van der Waals surface area contributed by atoms with Gasteiger partial charge in [0.1, 0.15) is 11.6 Å². The van der Waals surface area contributed by atoms with Crippen LogP contribution in [0.25, 0.3) is 0 Å². The first-order chi connectivity index (χ1) is 20.3. The van der Waals surface area contributed by atoms with Crippen molar-refractivity contribution in [1.29, 1.82) is 0 Å². The Morgan fingerprint density at radius 2 is 1.83 bits per heavy atom. The molecule has 9 nitrogen and oxygen atoms in total. The number of hydrogen-bond acceptors (Lipinski definition) is 8. The van der Waals surface area contributed by atoms with Gasteiger partial charge in [0, 0.05) is 74.7 Å². The molecular formula is C31H47ClFN7O2. The molecule has 2 atom stereocenters. The molecule has 0 radical (unpaired) electrons. The topological polar surface area (TPSA) is 126 Å². The van der Waals surface area contributed by atoms with E-state index in [1.807, 2.05) is 30.0 Å². The molecule has 1 amide bonds. The average Bonchev–Trinajstić information content (AvgIpc) is 3.01. The lowest BCUT2D eigenvalue weighted by Crippen LogP contribution is -2.55. The number of anilines is 1. The number of ether oxygens (including phenoxy) is 1. The van der Waals surface area contributed by atoms with E-state index in [-0.39, 0.29) is 23.7 Å². The van der Waals surface area contributed by atoms with E-state index in [1.54, 1.807) is 12.1 Å². The number of nitrogens with one attached hydrogen (secondary N) is 1. The molecule has 0 saturated carbocycles. The summed E-state index contributed by atoms with van der Waals surface area (Å²) in [5, 5.41) is 4.12. The second-order valence-corrected chi connectivity index (χ2v) is 11.8. The fourth-order valence-corrected chi connectivity index (χ4v) is 6.02. The average molecular weight is 604 g/mol. The Kier molecular flexibility index (Phi) is 12.2. The van der Waals surface area contributed by atoms with Gasteiger partial charge in [0.25, 0.3) is 0 Å². The van der Waals surface area contributed by atoms with Crippen molar-refractivity contribution in [3.8, 4) is 5.75 Å². The molecule has 42 heavy (non-hydrogen) atoms. The highest BCUT2D eigenvalue weighted by Gasteiger charge is 2.33. The van der Waals surface area contributed by atoms with Crippen molar-refractivity contribution in [2.45, 2.75) is 44.8 Å². The first kappa shape index (κ1) is 32.4. The van der Waals surface area contributed by atoms with Crippen LogP contribution in [0.5, 0.6) is 5.75 Å². The third-order valence-electron chi connectivity index (χ3n) is 8.49. The van der Waals surface area contributed by atoms with Crippen molar-refractivity contribution >= 4 is 23.2 Å². The van der Waals surface area contributed by atoms with Gasteiger partial charge in [-0.1, -0.05) is 17.7 Å². The van der Waals surface area contributed by atoms with Crippen molar-refractivity contribution in [2.75, 3.05) is 70.8 Å². The third kappa shape index (κ3) is 8.78. The number of hydrogen-bond donors (Lipinski definition) is 4. The maximum Gasteiger partial charge on any atom is 0.239 e. The van der Waals surface area contributed by atoms with Crippen molar-refractivity contribution in [1.82, 2.24) is 14.7 Å². The van der Waals surface area contributed by atoms with Gasteiger partial charge < -0.3 is 37.1 Å². The van der Waals surface area contributed by atoms with Crippen molar-refractivity contribution in [3.63, 3.8) is 0 Å². The molecule has 2 fully saturated rings. The van der Waals surface area contributed by atoms with E-state index >= 15 is 0 Å². The summed E-state index contributed by atoms with van der Waals surface area (Å²) < 4.78 is 20.1. The summed E-state index contributed by atoms with van der Waals surface area (Å²) in [6, 6.07) is 10.2. The molecular weight excluding hydrogens is 557 g/mol. The van der Waals surface area contributed by atoms with Crippen LogP contribution in [0.3, 0.4) is 0 Å². The minimum Gasteiger partial charge on any atom is -0.493 e. The van der Waals surface area contributed by atoms with Crippen LogP contribution >= 0.6 is 11.6 Å². The number of piperazine rings is 1. The molecule has 232 valence electrons. The minimum absolute atomic E-state index is 0.0272. The Hall–Kier alpha value is -2.47. The number of amides is 1. The smallest absolute Gasteiger partial charge is 0.239 e. The van der Waals surface area contributed by atoms with Gasteiger partial charge in [-0.25, -0.2) is 4.39 Å². The van der Waals surface area contributed by atoms with Gasteiger partial charge in [-0.05, 0) is 81.1 Å². The lowest BCUT2D eigenvalue weighted by molar-refractivity contribution is -0.136. The number of nitrogens with two attached hydrogens (primary N) is 3. The fraction of sp³-hybridized carbons (Fsp3) is 0.581. The molecule has 4 rings (SSSR count). The summed E-state index contributed by atoms with van der Waals surface area (Å²) in [5.74, 6) is 0.519. The molecule has 0 spiro atoms. The molecule has 2 aliphatic rings. The first-order valence-electron chi connectivity index (χ1n) is 15.2. The fourth-order valence-electron chi connectivity index (χ4n) is 5.83. The molecule has 11 heteroatoms. The molecule has 2 aromatic rings. The summed E-state index contributed by atoms with van der Waals surface area (Å²) in [5.41, 5.74) is 20.9. The van der Waals surface area contributed by atoms with Crippen LogP contribution in [-0.4, -0.2) is 98.2 Å². The molecule has 2 saturated heterocycles. The number of nitrogens with zero attached hydrogens (tertiary/aromatic N) is 3. The number of benzene rings is 2. The zero-order chi connectivity index (χ0) is 30.1. The Morgan fingerprint density at radius 1 is 1.10 bits per heavy atom. The quantitative estimate of drug-likeness (QED) is 0.275. The lowest BCUT2D eigenvalue weighted by atomic mass is 9.88. The van der Waals surface area contributed by atoms with Crippen LogP contribution in [-0.2, 0) is 17.8 Å². The normalized spacial score (nSPS) is 18.6. The molecule has 0 unspecified atom stereocenters. The molecule has 0 aliphatic carbocycles. The summed E-state index contributed by atoms with van der Waals surface area (Å²) in [7, 11) is 0. The van der Waals surface area contributed by atoms with E-state index in [2.05, 4.69) is 15.1 Å². The van der Waals surface area contributed by atoms with Gasteiger partial charge >= 0.3 is 0 Å². The molecule has 0 bridgehead atoms. The maximum atomic E-state index is 14.5. The number of halogens is 2. The summed E-state index contributed by atoms with van der Waals surface area (Å²) in [6.07, 6.45) is 2.65. The van der Waals surface area contributed by atoms with E-state index in [4.69, 9.17) is 33.5 Å². The van der Waals surface area contributed by atoms with Gasteiger partial charge in [0.05, 0.1) is 12.6 Å². The van der Waals surface area contributed by atoms with E-state index in [0.29, 0.717) is 68.8 Å². The molecule has 2 heterocycles. The van der Waals surface area contributed by atoms with Gasteiger partial charge in [0.15, 0.2) is 0 Å². The predicted octanol–water partition coefficient (Wildman–Crippen LogP) is 2.50. The minimum atomic E-state index is -0.495. The summed E-state index contributed by atoms with van der Waals surface area (Å²) in [4.78, 5) is 19.8. The highest BCUT2D eigenvalue weighted by Crippen LogP contribution is 2.26. The maximum absolute atomic E-state index is 14.5. The second kappa shape index (κ2) is 15.8. The van der Waals surface area contributed by atoms with Crippen molar-refractivity contribution in [3.05, 3.63) is 58.4 Å². The van der Waals surface area contributed by atoms with Crippen LogP contribution in [0.4, 0.5) is 10.1 Å². The molecule has 0 aromatic heterocycles. The standard InChI is InChI=1S/C31H47ClFN7O2/c1-2-42-29-5-3-4-27(33)26(29)21-39-14-16-40(17-15-39)31(41)30(36)22-8-11-38(12-9-22)13-10-23-18-24(32)6-7-28(23)37-20-25(35)19-34/h3-7,18,22,25,30,37H,2,8-17,19-21,34-36H2,1H3/t25-,30+/m0/s1. The zero-order valence-electron chi connectivity index (χ0n) is 24.7. The predicted molar refractivity (Wildman–Crippen MR) is 167 cm³/mol. The summed E-state index contributed by atoms with van der Waals surface area (Å²) in [6.45, 7) is 9.14. The van der Waals surface area contributed by atoms with E-state index in [0.717, 1.165) is 50.1 Å². The Labute approximate surface area is 254 Å². The second-order valence-electron chi connectivity index (χ2n) is 11.4. The Balaban J connectivity index is 1.21. The van der Waals surface area contributed by atoms with Gasteiger partial charge in [0.2, 0.25) is 5.91 Å². The number of likely N-dealkylation sites (tertiary alicyclic amines) is 1. The van der Waals surface area contributed by atoms with Crippen LogP contribution in [0, 0.1) is 11.7 Å². The molecule has 7 N–H and O–H groups in total. The van der Waals surface area contributed by atoms with E-state index in [1.165, 1.54) is 6.07 Å². The summed E-state index contributed by atoms with van der Waals surface area (Å²) >= 11 is 6.29. The van der Waals surface area contributed by atoms with E-state index < -0.39 is 6.04 Å². The first-order valence-corrected chi connectivity index (χ1v) is 15.5. The number of carbonyl (C=O) groups excluding carboxylic acids is 1. The zero-order valence-corrected chi connectivity index (χ0v) is 25.5. The lowest BCUT2D eigenvalue weighted by Gasteiger charge is -2.39. The molecule has 2 aliphatic heterocycles. The SMILES string of the molecule is CCOc1cccc(F)c1CN1CCN(C(=O)[C@H](N)C2CCN(CCc3cc(Cl)ccc3NC[C@@H](N)CN)CC2)CC1. The number of carbonyl (C=O) groups is 1. The van der Waals surface area contributed by atoms with Crippen molar-refractivity contribution in [2.24, 2.45) is 23.1 Å². The van der Waals surface area contributed by atoms with Gasteiger partial charge in [-0.15, -0.1) is 0 Å². The monoisotopic (exact) mass is 603 g/mol. The largest absolute Gasteiger partial charge is 0.493 e. The van der Waals surface area contributed by atoms with Crippen LogP contribution in [0.15, 0.2) is 36.4 Å². The van der Waals surface area contributed by atoms with Crippen LogP contribution in [0.2, 0.25) is 5.02 Å². The van der Waals surface area contributed by atoms with Gasteiger partial charge in [-0.2, -0.15) is 0 Å². The number of rotatable bonds is 13. The Bertz CT molecular complexity index is 1160. The van der Waals surface area contributed by atoms with Crippen LogP contribution in [0.1, 0.15) is 30.9 Å². The highest BCUT2D eigenvalue weighted by molar-refractivity contribution is 6.30. The van der Waals surface area contributed by atoms with Crippen molar-refractivity contribution < 1.29 is 13.9 Å². The van der Waals surface area contributed by atoms with Gasteiger partial charge in [-0.3, -0.25) is 9.69 Å². The molecule has 2 aromatic carbocycles. The van der Waals surface area contributed by atoms with Crippen LogP contribution < -0.4 is 27.3 Å².